The van der Waals surface area contributed by atoms with Crippen molar-refractivity contribution in [2.45, 2.75) is 27.0 Å². The Morgan fingerprint density at radius 2 is 1.74 bits per heavy atom. The van der Waals surface area contributed by atoms with Gasteiger partial charge < -0.3 is 24.3 Å². The number of aryl methyl sites for hydroxylation is 2. The zero-order valence-electron chi connectivity index (χ0n) is 17.9. The number of carbonyl (C=O) groups is 1. The van der Waals surface area contributed by atoms with Gasteiger partial charge in [-0.2, -0.15) is 0 Å². The molecule has 3 aromatic carbocycles. The molecule has 0 aromatic heterocycles. The van der Waals surface area contributed by atoms with E-state index in [1.807, 2.05) is 44.2 Å². The molecule has 0 saturated heterocycles. The van der Waals surface area contributed by atoms with Crippen LogP contribution in [-0.4, -0.2) is 19.8 Å². The Bertz CT molecular complexity index is 1090. The number of fused-ring (bicyclic) bond motifs is 1. The second-order valence-corrected chi connectivity index (χ2v) is 7.51. The van der Waals surface area contributed by atoms with Gasteiger partial charge in [-0.3, -0.25) is 4.79 Å². The lowest BCUT2D eigenvalue weighted by Crippen LogP contribution is -2.23. The van der Waals surface area contributed by atoms with Gasteiger partial charge in [0.05, 0.1) is 7.11 Å². The summed E-state index contributed by atoms with van der Waals surface area (Å²) >= 11 is 0. The Balaban J connectivity index is 1.43. The second-order valence-electron chi connectivity index (χ2n) is 7.51. The second kappa shape index (κ2) is 9.00. The van der Waals surface area contributed by atoms with Crippen molar-refractivity contribution in [1.82, 2.24) is 5.32 Å². The van der Waals surface area contributed by atoms with E-state index >= 15 is 0 Å². The van der Waals surface area contributed by atoms with Crippen molar-refractivity contribution in [2.75, 3.05) is 13.9 Å². The number of benzene rings is 3. The number of methoxy groups -OCH3 is 1. The van der Waals surface area contributed by atoms with Crippen LogP contribution in [0.4, 0.5) is 0 Å². The fourth-order valence-electron chi connectivity index (χ4n) is 3.55. The molecule has 31 heavy (non-hydrogen) atoms. The third-order valence-corrected chi connectivity index (χ3v) is 5.02. The standard InChI is InChI=1S/C25H25NO5/c1-16-8-17(2)10-21(9-16)29-14-20-12-19(5-7-22(20)28-3)25(27)26-13-18-4-6-23-24(11-18)31-15-30-23/h4-12H,13-15H2,1-3H3,(H,26,27). The molecule has 0 radical (unpaired) electrons. The van der Waals surface area contributed by atoms with Gasteiger partial charge in [0, 0.05) is 17.7 Å². The third-order valence-electron chi connectivity index (χ3n) is 5.02. The van der Waals surface area contributed by atoms with Crippen molar-refractivity contribution < 1.29 is 23.7 Å². The summed E-state index contributed by atoms with van der Waals surface area (Å²) < 4.78 is 22.1. The highest BCUT2D eigenvalue weighted by Gasteiger charge is 2.15. The predicted octanol–water partition coefficient (Wildman–Crippen LogP) is 4.55. The molecule has 0 bridgehead atoms. The highest BCUT2D eigenvalue weighted by molar-refractivity contribution is 5.94. The molecule has 1 aliphatic rings. The van der Waals surface area contributed by atoms with Crippen LogP contribution in [0.3, 0.4) is 0 Å². The minimum atomic E-state index is -0.173. The zero-order valence-corrected chi connectivity index (χ0v) is 17.9. The molecule has 4 rings (SSSR count). The van der Waals surface area contributed by atoms with E-state index in [9.17, 15) is 4.79 Å². The van der Waals surface area contributed by atoms with Crippen molar-refractivity contribution in [1.29, 1.82) is 0 Å². The molecular weight excluding hydrogens is 394 g/mol. The highest BCUT2D eigenvalue weighted by Crippen LogP contribution is 2.32. The quantitative estimate of drug-likeness (QED) is 0.609. The van der Waals surface area contributed by atoms with Gasteiger partial charge in [0.15, 0.2) is 11.5 Å². The normalized spacial score (nSPS) is 11.8. The molecule has 1 heterocycles. The van der Waals surface area contributed by atoms with E-state index in [1.165, 1.54) is 0 Å². The van der Waals surface area contributed by atoms with Crippen molar-refractivity contribution in [2.24, 2.45) is 0 Å². The summed E-state index contributed by atoms with van der Waals surface area (Å²) in [6.07, 6.45) is 0. The van der Waals surface area contributed by atoms with E-state index in [0.717, 1.165) is 33.8 Å². The predicted molar refractivity (Wildman–Crippen MR) is 117 cm³/mol. The van der Waals surface area contributed by atoms with Crippen LogP contribution in [0, 0.1) is 13.8 Å². The summed E-state index contributed by atoms with van der Waals surface area (Å²) in [6, 6.07) is 17.0. The Hall–Kier alpha value is -3.67. The van der Waals surface area contributed by atoms with E-state index in [1.54, 1.807) is 25.3 Å². The van der Waals surface area contributed by atoms with Gasteiger partial charge in [-0.05, 0) is 73.0 Å². The Kier molecular flexibility index (Phi) is 5.98. The lowest BCUT2D eigenvalue weighted by atomic mass is 10.1. The van der Waals surface area contributed by atoms with E-state index < -0.39 is 0 Å². The SMILES string of the molecule is COc1ccc(C(=O)NCc2ccc3c(c2)OCO3)cc1COc1cc(C)cc(C)c1. The summed E-state index contributed by atoms with van der Waals surface area (Å²) in [5.41, 5.74) is 4.56. The van der Waals surface area contributed by atoms with E-state index in [-0.39, 0.29) is 12.7 Å². The Morgan fingerprint density at radius 3 is 2.52 bits per heavy atom. The van der Waals surface area contributed by atoms with Crippen LogP contribution in [-0.2, 0) is 13.2 Å². The maximum Gasteiger partial charge on any atom is 0.251 e. The first kappa shape index (κ1) is 20.6. The molecule has 0 unspecified atom stereocenters. The molecule has 0 atom stereocenters. The number of hydrogen-bond acceptors (Lipinski definition) is 5. The minimum absolute atomic E-state index is 0.173. The number of carbonyl (C=O) groups excluding carboxylic acids is 1. The summed E-state index contributed by atoms with van der Waals surface area (Å²) in [5, 5.41) is 2.94. The number of hydrogen-bond donors (Lipinski definition) is 1. The number of ether oxygens (including phenoxy) is 4. The van der Waals surface area contributed by atoms with Crippen LogP contribution in [0.15, 0.2) is 54.6 Å². The summed E-state index contributed by atoms with van der Waals surface area (Å²) in [5.74, 6) is 2.71. The largest absolute Gasteiger partial charge is 0.496 e. The summed E-state index contributed by atoms with van der Waals surface area (Å²) in [7, 11) is 1.61. The molecule has 6 nitrogen and oxygen atoms in total. The van der Waals surface area contributed by atoms with E-state index in [4.69, 9.17) is 18.9 Å². The van der Waals surface area contributed by atoms with Crippen molar-refractivity contribution >= 4 is 5.91 Å². The van der Waals surface area contributed by atoms with Crippen LogP contribution < -0.4 is 24.3 Å². The van der Waals surface area contributed by atoms with Gasteiger partial charge in [-0.1, -0.05) is 12.1 Å². The van der Waals surface area contributed by atoms with E-state index in [2.05, 4.69) is 11.4 Å². The summed E-state index contributed by atoms with van der Waals surface area (Å²) in [4.78, 5) is 12.7. The average Bonchev–Trinajstić information content (AvgIpc) is 3.23. The molecule has 1 aliphatic heterocycles. The van der Waals surface area contributed by atoms with Crippen LogP contribution in [0.5, 0.6) is 23.0 Å². The van der Waals surface area contributed by atoms with E-state index in [0.29, 0.717) is 30.2 Å². The topological polar surface area (TPSA) is 66.0 Å². The molecule has 6 heteroatoms. The van der Waals surface area contributed by atoms with Crippen molar-refractivity contribution in [3.63, 3.8) is 0 Å². The molecule has 160 valence electrons. The molecule has 1 N–H and O–H groups in total. The Labute approximate surface area is 181 Å². The monoisotopic (exact) mass is 419 g/mol. The van der Waals surface area contributed by atoms with Crippen LogP contribution >= 0.6 is 0 Å². The third kappa shape index (κ3) is 4.91. The fraction of sp³-hybridized carbons (Fsp3) is 0.240. The lowest BCUT2D eigenvalue weighted by molar-refractivity contribution is 0.0950. The van der Waals surface area contributed by atoms with Crippen LogP contribution in [0.2, 0.25) is 0 Å². The van der Waals surface area contributed by atoms with Crippen molar-refractivity contribution in [3.05, 3.63) is 82.4 Å². The first-order valence-electron chi connectivity index (χ1n) is 10.1. The molecule has 0 fully saturated rings. The van der Waals surface area contributed by atoms with Gasteiger partial charge >= 0.3 is 0 Å². The number of rotatable bonds is 7. The van der Waals surface area contributed by atoms with Gasteiger partial charge in [-0.25, -0.2) is 0 Å². The minimum Gasteiger partial charge on any atom is -0.496 e. The molecule has 0 aliphatic carbocycles. The molecule has 0 saturated carbocycles. The van der Waals surface area contributed by atoms with Crippen LogP contribution in [0.25, 0.3) is 0 Å². The fourth-order valence-corrected chi connectivity index (χ4v) is 3.55. The summed E-state index contributed by atoms with van der Waals surface area (Å²) in [6.45, 7) is 4.98. The van der Waals surface area contributed by atoms with Gasteiger partial charge in [-0.15, -0.1) is 0 Å². The lowest BCUT2D eigenvalue weighted by Gasteiger charge is -2.13. The average molecular weight is 419 g/mol. The van der Waals surface area contributed by atoms with Gasteiger partial charge in [0.1, 0.15) is 18.1 Å². The van der Waals surface area contributed by atoms with Gasteiger partial charge in [0.25, 0.3) is 5.91 Å². The maximum atomic E-state index is 12.7. The maximum absolute atomic E-state index is 12.7. The first-order chi connectivity index (χ1) is 15.0. The number of amides is 1. The first-order valence-corrected chi connectivity index (χ1v) is 10.1. The number of nitrogens with one attached hydrogen (secondary N) is 1. The van der Waals surface area contributed by atoms with Crippen molar-refractivity contribution in [3.8, 4) is 23.0 Å². The molecule has 1 amide bonds. The molecular formula is C25H25NO5. The Morgan fingerprint density at radius 1 is 0.968 bits per heavy atom. The van der Waals surface area contributed by atoms with Crippen LogP contribution in [0.1, 0.15) is 32.6 Å². The van der Waals surface area contributed by atoms with Gasteiger partial charge in [0.2, 0.25) is 6.79 Å². The highest BCUT2D eigenvalue weighted by atomic mass is 16.7. The smallest absolute Gasteiger partial charge is 0.251 e. The zero-order chi connectivity index (χ0) is 21.8. The molecule has 0 spiro atoms. The molecule has 3 aromatic rings.